The van der Waals surface area contributed by atoms with Crippen LogP contribution in [0.15, 0.2) is 0 Å². The molecule has 2 aliphatic heterocycles. The fourth-order valence-corrected chi connectivity index (χ4v) is 3.36. The maximum Gasteiger partial charge on any atom is 0.214 e. The second kappa shape index (κ2) is 3.55. The number of nitrogens with zero attached hydrogens (tertiary/aromatic N) is 1. The van der Waals surface area contributed by atoms with Crippen LogP contribution in [0.4, 0.5) is 0 Å². The van der Waals surface area contributed by atoms with Crippen LogP contribution in [0.5, 0.6) is 0 Å². The number of hydrogen-bond donors (Lipinski definition) is 1. The van der Waals surface area contributed by atoms with E-state index in [1.54, 1.807) is 4.31 Å². The second-order valence-corrected chi connectivity index (χ2v) is 5.97. The van der Waals surface area contributed by atoms with Gasteiger partial charge in [0, 0.05) is 13.1 Å². The van der Waals surface area contributed by atoms with Gasteiger partial charge in [-0.25, -0.2) is 12.7 Å². The minimum atomic E-state index is -2.85. The lowest BCUT2D eigenvalue weighted by molar-refractivity contribution is 0.296. The van der Waals surface area contributed by atoms with Gasteiger partial charge in [-0.2, -0.15) is 0 Å². The van der Waals surface area contributed by atoms with E-state index in [9.17, 15) is 8.42 Å². The summed E-state index contributed by atoms with van der Waals surface area (Å²) in [6, 6.07) is 0. The van der Waals surface area contributed by atoms with Gasteiger partial charge in [0.15, 0.2) is 0 Å². The van der Waals surface area contributed by atoms with Crippen molar-refractivity contribution >= 4 is 10.0 Å². The molecule has 2 rings (SSSR count). The number of rotatable bonds is 3. The molecule has 2 aliphatic rings. The highest BCUT2D eigenvalue weighted by Gasteiger charge is 2.29. The third kappa shape index (κ3) is 2.03. The molecule has 0 aromatic rings. The Labute approximate surface area is 79.4 Å². The third-order valence-electron chi connectivity index (χ3n) is 2.86. The van der Waals surface area contributed by atoms with Crippen molar-refractivity contribution in [3.8, 4) is 0 Å². The Morgan fingerprint density at radius 1 is 1.38 bits per heavy atom. The van der Waals surface area contributed by atoms with Crippen molar-refractivity contribution in [2.24, 2.45) is 5.92 Å². The van der Waals surface area contributed by atoms with Crippen molar-refractivity contribution in [3.63, 3.8) is 0 Å². The summed E-state index contributed by atoms with van der Waals surface area (Å²) in [4.78, 5) is 0. The van der Waals surface area contributed by atoms with Gasteiger partial charge >= 0.3 is 0 Å². The molecule has 1 N–H and O–H groups in total. The Hall–Kier alpha value is -0.130. The fraction of sp³-hybridized carbons (Fsp3) is 1.00. The predicted molar refractivity (Wildman–Crippen MR) is 51.0 cm³/mol. The van der Waals surface area contributed by atoms with Crippen LogP contribution < -0.4 is 5.32 Å². The Balaban J connectivity index is 1.80. The summed E-state index contributed by atoms with van der Waals surface area (Å²) in [6.07, 6.45) is 1.83. The van der Waals surface area contributed by atoms with Crippen LogP contribution in [0.25, 0.3) is 0 Å². The maximum absolute atomic E-state index is 11.4. The van der Waals surface area contributed by atoms with Crippen molar-refractivity contribution in [3.05, 3.63) is 0 Å². The van der Waals surface area contributed by atoms with E-state index in [0.29, 0.717) is 11.7 Å². The van der Waals surface area contributed by atoms with Crippen molar-refractivity contribution in [1.82, 2.24) is 9.62 Å². The van der Waals surface area contributed by atoms with Crippen molar-refractivity contribution < 1.29 is 8.42 Å². The average Bonchev–Trinajstić information content (AvgIpc) is 2.27. The van der Waals surface area contributed by atoms with Crippen LogP contribution in [0.1, 0.15) is 12.8 Å². The van der Waals surface area contributed by atoms with Crippen LogP contribution in [0.3, 0.4) is 0 Å². The Kier molecular flexibility index (Phi) is 2.58. The van der Waals surface area contributed by atoms with Gasteiger partial charge in [0.05, 0.1) is 5.75 Å². The molecule has 0 unspecified atom stereocenters. The summed E-state index contributed by atoms with van der Waals surface area (Å²) in [5.41, 5.74) is 0. The third-order valence-corrected chi connectivity index (χ3v) is 4.81. The molecule has 0 aromatic heterocycles. The van der Waals surface area contributed by atoms with E-state index in [2.05, 4.69) is 5.32 Å². The summed E-state index contributed by atoms with van der Waals surface area (Å²) < 4.78 is 24.4. The molecule has 2 heterocycles. The molecule has 0 atom stereocenters. The largest absolute Gasteiger partial charge is 0.316 e. The SMILES string of the molecule is O=S1(=O)CCCN1CCC1CNC1. The molecular weight excluding hydrogens is 188 g/mol. The molecule has 0 spiro atoms. The number of nitrogens with one attached hydrogen (secondary N) is 1. The molecule has 76 valence electrons. The van der Waals surface area contributed by atoms with Crippen molar-refractivity contribution in [1.29, 1.82) is 0 Å². The van der Waals surface area contributed by atoms with Gasteiger partial charge in [-0.05, 0) is 31.8 Å². The van der Waals surface area contributed by atoms with Crippen molar-refractivity contribution in [2.45, 2.75) is 12.8 Å². The number of hydrogen-bond acceptors (Lipinski definition) is 3. The predicted octanol–water partition coefficient (Wildman–Crippen LogP) is -0.369. The van der Waals surface area contributed by atoms with Gasteiger partial charge in [0.25, 0.3) is 0 Å². The molecule has 0 amide bonds. The van der Waals surface area contributed by atoms with Gasteiger partial charge < -0.3 is 5.32 Å². The topological polar surface area (TPSA) is 49.4 Å². The molecule has 5 heteroatoms. The first kappa shape index (κ1) is 9.43. The fourth-order valence-electron chi connectivity index (χ4n) is 1.82. The van der Waals surface area contributed by atoms with Crippen LogP contribution in [-0.4, -0.2) is 44.7 Å². The average molecular weight is 204 g/mol. The first-order valence-corrected chi connectivity index (χ1v) is 6.48. The Bertz CT molecular complexity index is 272. The van der Waals surface area contributed by atoms with Gasteiger partial charge in [-0.1, -0.05) is 0 Å². The Morgan fingerprint density at radius 2 is 2.15 bits per heavy atom. The lowest BCUT2D eigenvalue weighted by Crippen LogP contribution is -2.43. The molecule has 2 saturated heterocycles. The van der Waals surface area contributed by atoms with E-state index in [1.807, 2.05) is 0 Å². The highest BCUT2D eigenvalue weighted by Crippen LogP contribution is 2.16. The first-order valence-electron chi connectivity index (χ1n) is 4.87. The van der Waals surface area contributed by atoms with Crippen molar-refractivity contribution in [2.75, 3.05) is 31.9 Å². The summed E-state index contributed by atoms with van der Waals surface area (Å²) in [7, 11) is -2.85. The van der Waals surface area contributed by atoms with E-state index < -0.39 is 10.0 Å². The lowest BCUT2D eigenvalue weighted by atomic mass is 10.00. The molecule has 0 aromatic carbocycles. The first-order chi connectivity index (χ1) is 6.18. The molecule has 13 heavy (non-hydrogen) atoms. The minimum absolute atomic E-state index is 0.357. The molecular formula is C8H16N2O2S. The Morgan fingerprint density at radius 3 is 2.62 bits per heavy atom. The van der Waals surface area contributed by atoms with E-state index in [4.69, 9.17) is 0 Å². The van der Waals surface area contributed by atoms with Crippen LogP contribution in [0.2, 0.25) is 0 Å². The monoisotopic (exact) mass is 204 g/mol. The van der Waals surface area contributed by atoms with E-state index in [1.165, 1.54) is 0 Å². The van der Waals surface area contributed by atoms with E-state index >= 15 is 0 Å². The quantitative estimate of drug-likeness (QED) is 0.682. The van der Waals surface area contributed by atoms with Crippen LogP contribution in [-0.2, 0) is 10.0 Å². The summed E-state index contributed by atoms with van der Waals surface area (Å²) in [5.74, 6) is 1.06. The zero-order valence-corrected chi connectivity index (χ0v) is 8.52. The van der Waals surface area contributed by atoms with Gasteiger partial charge in [0.2, 0.25) is 10.0 Å². The van der Waals surface area contributed by atoms with E-state index in [0.717, 1.165) is 39.0 Å². The maximum atomic E-state index is 11.4. The molecule has 4 nitrogen and oxygen atoms in total. The van der Waals surface area contributed by atoms with Gasteiger partial charge in [-0.15, -0.1) is 0 Å². The summed E-state index contributed by atoms with van der Waals surface area (Å²) >= 11 is 0. The lowest BCUT2D eigenvalue weighted by Gasteiger charge is -2.28. The standard InChI is InChI=1S/C8H16N2O2S/c11-13(12)5-1-3-10(13)4-2-8-6-9-7-8/h8-9H,1-7H2. The zero-order chi connectivity index (χ0) is 9.31. The zero-order valence-electron chi connectivity index (χ0n) is 7.70. The normalized spacial score (nSPS) is 28.9. The summed E-state index contributed by atoms with van der Waals surface area (Å²) in [6.45, 7) is 3.60. The van der Waals surface area contributed by atoms with Gasteiger partial charge in [-0.3, -0.25) is 0 Å². The molecule has 0 bridgehead atoms. The summed E-state index contributed by atoms with van der Waals surface area (Å²) in [5, 5.41) is 3.19. The molecule has 0 saturated carbocycles. The second-order valence-electron chi connectivity index (χ2n) is 3.88. The number of sulfonamides is 1. The molecule has 0 aliphatic carbocycles. The molecule has 0 radical (unpaired) electrons. The van der Waals surface area contributed by atoms with Gasteiger partial charge in [0.1, 0.15) is 0 Å². The van der Waals surface area contributed by atoms with Crippen LogP contribution in [0, 0.1) is 5.92 Å². The minimum Gasteiger partial charge on any atom is -0.316 e. The highest BCUT2D eigenvalue weighted by atomic mass is 32.2. The molecule has 2 fully saturated rings. The highest BCUT2D eigenvalue weighted by molar-refractivity contribution is 7.89. The van der Waals surface area contributed by atoms with E-state index in [-0.39, 0.29) is 0 Å². The van der Waals surface area contributed by atoms with Crippen LogP contribution >= 0.6 is 0 Å². The smallest absolute Gasteiger partial charge is 0.214 e.